The average Bonchev–Trinajstić information content (AvgIpc) is 3.32. The number of carbonyl (C=O) groups is 2. The number of ether oxygens (including phenoxy) is 3. The molecular formula is C61H118O5. The lowest BCUT2D eigenvalue weighted by atomic mass is 10.0. The lowest BCUT2D eigenvalue weighted by molar-refractivity contribution is -0.163. The fraction of sp³-hybridized carbons (Fsp3) is 0.934. The van der Waals surface area contributed by atoms with Crippen LogP contribution in [0.5, 0.6) is 0 Å². The third kappa shape index (κ3) is 55.2. The molecule has 0 fully saturated rings. The third-order valence-electron chi connectivity index (χ3n) is 13.8. The Hall–Kier alpha value is -1.36. The summed E-state index contributed by atoms with van der Waals surface area (Å²) in [6, 6.07) is 0. The lowest BCUT2D eigenvalue weighted by Crippen LogP contribution is -2.30. The van der Waals surface area contributed by atoms with Crippen molar-refractivity contribution in [2.45, 2.75) is 348 Å². The molecule has 0 aromatic rings. The second kappa shape index (κ2) is 58.0. The largest absolute Gasteiger partial charge is 0.462 e. The molecule has 0 aromatic carbocycles. The SMILES string of the molecule is CCCCCCCC/C=C\CCCCCCCCCCCC(=O)OCC(COCCCCCCCCCCCCCCCC)OC(=O)CCCCCCCCCCCCCCCCCCC. The number of hydrogen-bond acceptors (Lipinski definition) is 5. The van der Waals surface area contributed by atoms with E-state index in [9.17, 15) is 9.59 Å². The second-order valence-corrected chi connectivity index (χ2v) is 20.6. The predicted molar refractivity (Wildman–Crippen MR) is 289 cm³/mol. The third-order valence-corrected chi connectivity index (χ3v) is 13.8. The fourth-order valence-electron chi connectivity index (χ4n) is 9.27. The summed E-state index contributed by atoms with van der Waals surface area (Å²) in [4.78, 5) is 25.5. The van der Waals surface area contributed by atoms with Crippen molar-refractivity contribution >= 4 is 11.9 Å². The van der Waals surface area contributed by atoms with Crippen molar-refractivity contribution in [1.29, 1.82) is 0 Å². The number of carbonyl (C=O) groups excluding carboxylic acids is 2. The van der Waals surface area contributed by atoms with Crippen LogP contribution < -0.4 is 0 Å². The van der Waals surface area contributed by atoms with Gasteiger partial charge in [0, 0.05) is 19.4 Å². The van der Waals surface area contributed by atoms with Crippen molar-refractivity contribution in [3.63, 3.8) is 0 Å². The van der Waals surface area contributed by atoms with E-state index < -0.39 is 6.10 Å². The van der Waals surface area contributed by atoms with Gasteiger partial charge in [-0.2, -0.15) is 0 Å². The standard InChI is InChI=1S/C61H118O5/c1-4-7-10-13-16-19-22-25-28-30-31-33-34-36-39-42-45-48-51-54-60(62)65-58-59(57-64-56-53-50-47-44-41-38-27-24-21-18-15-12-9-6-3)66-61(63)55-52-49-46-43-40-37-35-32-29-26-23-20-17-14-11-8-5-2/h25,28,59H,4-24,26-27,29-58H2,1-3H3/b28-25-. The van der Waals surface area contributed by atoms with Crippen LogP contribution in [-0.4, -0.2) is 37.9 Å². The van der Waals surface area contributed by atoms with Crippen LogP contribution in [-0.2, 0) is 23.8 Å². The van der Waals surface area contributed by atoms with Gasteiger partial charge in [-0.1, -0.05) is 296 Å². The van der Waals surface area contributed by atoms with Crippen LogP contribution in [0, 0.1) is 0 Å². The van der Waals surface area contributed by atoms with E-state index in [1.165, 1.54) is 276 Å². The van der Waals surface area contributed by atoms with Gasteiger partial charge in [-0.25, -0.2) is 0 Å². The van der Waals surface area contributed by atoms with Gasteiger partial charge in [0.15, 0.2) is 6.10 Å². The van der Waals surface area contributed by atoms with Crippen molar-refractivity contribution < 1.29 is 23.8 Å². The molecule has 0 bridgehead atoms. The number of hydrogen-bond donors (Lipinski definition) is 0. The molecule has 66 heavy (non-hydrogen) atoms. The van der Waals surface area contributed by atoms with Crippen LogP contribution in [0.25, 0.3) is 0 Å². The van der Waals surface area contributed by atoms with Gasteiger partial charge in [0.1, 0.15) is 6.61 Å². The number of unbranched alkanes of at least 4 members (excludes halogenated alkanes) is 44. The molecule has 0 rings (SSSR count). The molecule has 5 nitrogen and oxygen atoms in total. The number of rotatable bonds is 57. The van der Waals surface area contributed by atoms with E-state index in [-0.39, 0.29) is 18.5 Å². The summed E-state index contributed by atoms with van der Waals surface area (Å²) in [6.45, 7) is 7.91. The summed E-state index contributed by atoms with van der Waals surface area (Å²) >= 11 is 0. The highest BCUT2D eigenvalue weighted by Gasteiger charge is 2.18. The van der Waals surface area contributed by atoms with Crippen LogP contribution in [0.1, 0.15) is 342 Å². The molecule has 0 aromatic heterocycles. The van der Waals surface area contributed by atoms with Crippen LogP contribution in [0.4, 0.5) is 0 Å². The average molecular weight is 932 g/mol. The first-order valence-electron chi connectivity index (χ1n) is 30.2. The fourth-order valence-corrected chi connectivity index (χ4v) is 9.27. The Bertz CT molecular complexity index is 963. The molecule has 0 radical (unpaired) electrons. The maximum absolute atomic E-state index is 12.9. The Morgan fingerprint density at radius 3 is 0.924 bits per heavy atom. The minimum absolute atomic E-state index is 0.0945. The quantitative estimate of drug-likeness (QED) is 0.0345. The Morgan fingerprint density at radius 1 is 0.318 bits per heavy atom. The smallest absolute Gasteiger partial charge is 0.306 e. The first kappa shape index (κ1) is 64.6. The summed E-state index contributed by atoms with van der Waals surface area (Å²) in [5.41, 5.74) is 0. The van der Waals surface area contributed by atoms with Gasteiger partial charge >= 0.3 is 11.9 Å². The highest BCUT2D eigenvalue weighted by molar-refractivity contribution is 5.70. The Kier molecular flexibility index (Phi) is 56.8. The van der Waals surface area contributed by atoms with Crippen LogP contribution >= 0.6 is 0 Å². The maximum atomic E-state index is 12.9. The van der Waals surface area contributed by atoms with E-state index in [0.717, 1.165) is 32.1 Å². The zero-order chi connectivity index (χ0) is 47.7. The van der Waals surface area contributed by atoms with Crippen molar-refractivity contribution in [1.82, 2.24) is 0 Å². The maximum Gasteiger partial charge on any atom is 0.306 e. The van der Waals surface area contributed by atoms with Crippen molar-refractivity contribution in [2.24, 2.45) is 0 Å². The molecule has 392 valence electrons. The molecule has 1 atom stereocenters. The summed E-state index contributed by atoms with van der Waals surface area (Å²) < 4.78 is 17.5. The summed E-state index contributed by atoms with van der Waals surface area (Å²) in [6.07, 6.45) is 68.1. The van der Waals surface area contributed by atoms with Crippen LogP contribution in [0.2, 0.25) is 0 Å². The molecule has 0 saturated heterocycles. The number of allylic oxidation sites excluding steroid dienone is 2. The first-order chi connectivity index (χ1) is 32.6. The minimum Gasteiger partial charge on any atom is -0.462 e. The summed E-state index contributed by atoms with van der Waals surface area (Å²) in [5.74, 6) is -0.370. The number of esters is 2. The van der Waals surface area contributed by atoms with E-state index in [4.69, 9.17) is 14.2 Å². The van der Waals surface area contributed by atoms with Gasteiger partial charge in [-0.15, -0.1) is 0 Å². The van der Waals surface area contributed by atoms with Crippen LogP contribution in [0.15, 0.2) is 12.2 Å². The minimum atomic E-state index is -0.528. The first-order valence-corrected chi connectivity index (χ1v) is 30.2. The molecule has 0 spiro atoms. The van der Waals surface area contributed by atoms with E-state index >= 15 is 0 Å². The zero-order valence-corrected chi connectivity index (χ0v) is 45.2. The molecule has 0 N–H and O–H groups in total. The van der Waals surface area contributed by atoms with Crippen LogP contribution in [0.3, 0.4) is 0 Å². The zero-order valence-electron chi connectivity index (χ0n) is 45.2. The van der Waals surface area contributed by atoms with E-state index in [1.54, 1.807) is 0 Å². The van der Waals surface area contributed by atoms with E-state index in [2.05, 4.69) is 32.9 Å². The highest BCUT2D eigenvalue weighted by atomic mass is 16.6. The Labute approximate surface area is 414 Å². The predicted octanol–water partition coefficient (Wildman–Crippen LogP) is 20.6. The Balaban J connectivity index is 4.18. The topological polar surface area (TPSA) is 61.8 Å². The molecular weight excluding hydrogens is 813 g/mol. The molecule has 0 saturated carbocycles. The Morgan fingerprint density at radius 2 is 0.591 bits per heavy atom. The molecule has 5 heteroatoms. The van der Waals surface area contributed by atoms with Gasteiger partial charge < -0.3 is 14.2 Å². The molecule has 1 unspecified atom stereocenters. The van der Waals surface area contributed by atoms with E-state index in [0.29, 0.717) is 26.1 Å². The lowest BCUT2D eigenvalue weighted by Gasteiger charge is -2.18. The summed E-state index contributed by atoms with van der Waals surface area (Å²) in [7, 11) is 0. The van der Waals surface area contributed by atoms with Gasteiger partial charge in [-0.05, 0) is 44.9 Å². The monoisotopic (exact) mass is 931 g/mol. The second-order valence-electron chi connectivity index (χ2n) is 20.6. The van der Waals surface area contributed by atoms with E-state index in [1.807, 2.05) is 0 Å². The molecule has 0 aliphatic carbocycles. The molecule has 0 amide bonds. The molecule has 0 aliphatic rings. The van der Waals surface area contributed by atoms with Gasteiger partial charge in [-0.3, -0.25) is 9.59 Å². The van der Waals surface area contributed by atoms with Crippen molar-refractivity contribution in [3.8, 4) is 0 Å². The van der Waals surface area contributed by atoms with Crippen molar-refractivity contribution in [2.75, 3.05) is 19.8 Å². The molecule has 0 heterocycles. The van der Waals surface area contributed by atoms with Gasteiger partial charge in [0.2, 0.25) is 0 Å². The van der Waals surface area contributed by atoms with Crippen molar-refractivity contribution in [3.05, 3.63) is 12.2 Å². The molecule has 0 aliphatic heterocycles. The normalized spacial score (nSPS) is 12.1. The van der Waals surface area contributed by atoms with Gasteiger partial charge in [0.05, 0.1) is 6.61 Å². The highest BCUT2D eigenvalue weighted by Crippen LogP contribution is 2.17. The summed E-state index contributed by atoms with van der Waals surface area (Å²) in [5, 5.41) is 0. The van der Waals surface area contributed by atoms with Gasteiger partial charge in [0.25, 0.3) is 0 Å².